The van der Waals surface area contributed by atoms with Crippen molar-refractivity contribution < 1.29 is 4.79 Å². The lowest BCUT2D eigenvalue weighted by Gasteiger charge is -2.12. The lowest BCUT2D eigenvalue weighted by Crippen LogP contribution is -2.36. The van der Waals surface area contributed by atoms with Gasteiger partial charge in [-0.15, -0.1) is 12.6 Å². The first kappa shape index (κ1) is 11.6. The van der Waals surface area contributed by atoms with Crippen molar-refractivity contribution in [1.29, 1.82) is 0 Å². The number of carbonyl (C=O) groups excluding carboxylic acids is 1. The first-order chi connectivity index (χ1) is 6.50. The van der Waals surface area contributed by atoms with E-state index in [0.717, 1.165) is 4.47 Å². The summed E-state index contributed by atoms with van der Waals surface area (Å²) in [5, 5.41) is 1.59. The Kier molecular flexibility index (Phi) is 3.97. The summed E-state index contributed by atoms with van der Waals surface area (Å²) in [5.74, 6) is -0.160. The Bertz CT molecular complexity index is 355. The van der Waals surface area contributed by atoms with Crippen LogP contribution in [0.4, 0.5) is 0 Å². The van der Waals surface area contributed by atoms with Crippen LogP contribution >= 0.6 is 28.6 Å². The Labute approximate surface area is 97.0 Å². The van der Waals surface area contributed by atoms with E-state index in [2.05, 4.69) is 34.0 Å². The molecule has 0 radical (unpaired) electrons. The Morgan fingerprint density at radius 2 is 2.14 bits per heavy atom. The van der Waals surface area contributed by atoms with Crippen LogP contribution < -0.4 is 5.43 Å². The van der Waals surface area contributed by atoms with Gasteiger partial charge >= 0.3 is 0 Å². The largest absolute Gasteiger partial charge is 0.285 e. The van der Waals surface area contributed by atoms with Gasteiger partial charge in [-0.3, -0.25) is 10.2 Å². The van der Waals surface area contributed by atoms with Gasteiger partial charge in [0.25, 0.3) is 5.91 Å². The van der Waals surface area contributed by atoms with E-state index < -0.39 is 0 Å². The molecule has 1 amide bonds. The molecule has 0 bridgehead atoms. The molecule has 0 aliphatic rings. The lowest BCUT2D eigenvalue weighted by atomic mass is 10.2. The quantitative estimate of drug-likeness (QED) is 0.638. The van der Waals surface area contributed by atoms with Crippen molar-refractivity contribution >= 4 is 34.5 Å². The van der Waals surface area contributed by atoms with Gasteiger partial charge in [0, 0.05) is 23.5 Å². The van der Waals surface area contributed by atoms with Crippen molar-refractivity contribution in [2.24, 2.45) is 0 Å². The number of hydrogen-bond donors (Lipinski definition) is 2. The molecule has 0 atom stereocenters. The summed E-state index contributed by atoms with van der Waals surface area (Å²) in [7, 11) is 3.52. The molecule has 1 aromatic rings. The van der Waals surface area contributed by atoms with Crippen LogP contribution in [0.3, 0.4) is 0 Å². The molecule has 0 saturated carbocycles. The highest BCUT2D eigenvalue weighted by atomic mass is 79.9. The van der Waals surface area contributed by atoms with Gasteiger partial charge in [0.15, 0.2) is 0 Å². The molecule has 76 valence electrons. The third-order valence-corrected chi connectivity index (χ3v) is 2.39. The van der Waals surface area contributed by atoms with Crippen molar-refractivity contribution in [2.75, 3.05) is 14.1 Å². The SMILES string of the molecule is CN(C)NC(=O)c1ccc(Br)cc1S. The predicted octanol–water partition coefficient (Wildman–Crippen LogP) is 1.94. The number of thiol groups is 1. The summed E-state index contributed by atoms with van der Waals surface area (Å²) >= 11 is 7.53. The molecule has 0 spiro atoms. The second-order valence-corrected chi connectivity index (χ2v) is 4.39. The number of benzene rings is 1. The number of hydrogen-bond acceptors (Lipinski definition) is 3. The van der Waals surface area contributed by atoms with Gasteiger partial charge < -0.3 is 0 Å². The van der Waals surface area contributed by atoms with Gasteiger partial charge in [0.1, 0.15) is 0 Å². The standard InChI is InChI=1S/C9H11BrN2OS/c1-12(2)11-9(13)7-4-3-6(10)5-8(7)14/h3-5,14H,1-2H3,(H,11,13). The van der Waals surface area contributed by atoms with Crippen molar-refractivity contribution in [3.8, 4) is 0 Å². The minimum absolute atomic E-state index is 0.160. The molecule has 1 aromatic carbocycles. The Balaban J connectivity index is 2.90. The summed E-state index contributed by atoms with van der Waals surface area (Å²) in [6.45, 7) is 0. The maximum Gasteiger partial charge on any atom is 0.266 e. The highest BCUT2D eigenvalue weighted by Gasteiger charge is 2.09. The third kappa shape index (κ3) is 3.01. The number of rotatable bonds is 2. The first-order valence-electron chi connectivity index (χ1n) is 3.97. The molecule has 0 saturated heterocycles. The van der Waals surface area contributed by atoms with E-state index in [1.54, 1.807) is 31.2 Å². The van der Waals surface area contributed by atoms with E-state index in [0.29, 0.717) is 10.5 Å². The monoisotopic (exact) mass is 274 g/mol. The van der Waals surface area contributed by atoms with E-state index in [1.165, 1.54) is 0 Å². The molecule has 5 heteroatoms. The van der Waals surface area contributed by atoms with Crippen molar-refractivity contribution in [1.82, 2.24) is 10.4 Å². The number of amides is 1. The van der Waals surface area contributed by atoms with Crippen LogP contribution in [0, 0.1) is 0 Å². The number of nitrogens with one attached hydrogen (secondary N) is 1. The lowest BCUT2D eigenvalue weighted by molar-refractivity contribution is 0.0854. The summed E-state index contributed by atoms with van der Waals surface area (Å²) in [5.41, 5.74) is 3.21. The van der Waals surface area contributed by atoms with Crippen LogP contribution in [0.15, 0.2) is 27.6 Å². The molecule has 0 aromatic heterocycles. The molecular formula is C9H11BrN2OS. The van der Waals surface area contributed by atoms with Crippen LogP contribution in [0.25, 0.3) is 0 Å². The Morgan fingerprint density at radius 1 is 1.50 bits per heavy atom. The molecule has 14 heavy (non-hydrogen) atoms. The van der Waals surface area contributed by atoms with E-state index in [1.807, 2.05) is 6.07 Å². The fourth-order valence-corrected chi connectivity index (χ4v) is 1.81. The highest BCUT2D eigenvalue weighted by Crippen LogP contribution is 2.19. The minimum Gasteiger partial charge on any atom is -0.285 e. The van der Waals surface area contributed by atoms with E-state index in [-0.39, 0.29) is 5.91 Å². The van der Waals surface area contributed by atoms with Crippen LogP contribution in [0.1, 0.15) is 10.4 Å². The molecule has 0 aliphatic heterocycles. The molecule has 3 nitrogen and oxygen atoms in total. The summed E-state index contributed by atoms with van der Waals surface area (Å²) in [6, 6.07) is 5.32. The summed E-state index contributed by atoms with van der Waals surface area (Å²) in [6.07, 6.45) is 0. The van der Waals surface area contributed by atoms with Gasteiger partial charge in [-0.2, -0.15) is 0 Å². The maximum atomic E-state index is 11.6. The van der Waals surface area contributed by atoms with Crippen molar-refractivity contribution in [3.05, 3.63) is 28.2 Å². The van der Waals surface area contributed by atoms with E-state index in [4.69, 9.17) is 0 Å². The van der Waals surface area contributed by atoms with Crippen LogP contribution in [0.5, 0.6) is 0 Å². The Morgan fingerprint density at radius 3 is 2.64 bits per heavy atom. The summed E-state index contributed by atoms with van der Waals surface area (Å²) in [4.78, 5) is 12.2. The topological polar surface area (TPSA) is 32.3 Å². The molecule has 0 aliphatic carbocycles. The molecule has 0 fully saturated rings. The van der Waals surface area contributed by atoms with Gasteiger partial charge in [-0.05, 0) is 18.2 Å². The molecule has 1 rings (SSSR count). The van der Waals surface area contributed by atoms with E-state index >= 15 is 0 Å². The Hall–Kier alpha value is -0.520. The molecule has 1 N–H and O–H groups in total. The molecule has 0 unspecified atom stereocenters. The third-order valence-electron chi connectivity index (χ3n) is 1.53. The fraction of sp³-hybridized carbons (Fsp3) is 0.222. The van der Waals surface area contributed by atoms with Crippen LogP contribution in [0.2, 0.25) is 0 Å². The van der Waals surface area contributed by atoms with Crippen molar-refractivity contribution in [3.63, 3.8) is 0 Å². The molecule has 0 heterocycles. The number of halogens is 1. The average molecular weight is 275 g/mol. The predicted molar refractivity (Wildman–Crippen MR) is 62.5 cm³/mol. The second kappa shape index (κ2) is 4.82. The summed E-state index contributed by atoms with van der Waals surface area (Å²) < 4.78 is 0.906. The van der Waals surface area contributed by atoms with Gasteiger partial charge in [-0.25, -0.2) is 5.01 Å². The van der Waals surface area contributed by atoms with Crippen LogP contribution in [-0.4, -0.2) is 25.0 Å². The van der Waals surface area contributed by atoms with Gasteiger partial charge in [0.05, 0.1) is 5.56 Å². The minimum atomic E-state index is -0.160. The first-order valence-corrected chi connectivity index (χ1v) is 5.21. The zero-order valence-electron chi connectivity index (χ0n) is 7.91. The smallest absolute Gasteiger partial charge is 0.266 e. The molecular weight excluding hydrogens is 264 g/mol. The number of hydrazine groups is 1. The number of carbonyl (C=O) groups is 1. The zero-order valence-corrected chi connectivity index (χ0v) is 10.4. The van der Waals surface area contributed by atoms with Crippen molar-refractivity contribution in [2.45, 2.75) is 4.90 Å². The maximum absolute atomic E-state index is 11.6. The zero-order chi connectivity index (χ0) is 10.7. The normalized spacial score (nSPS) is 10.4. The number of nitrogens with zero attached hydrogens (tertiary/aromatic N) is 1. The average Bonchev–Trinajstić information content (AvgIpc) is 2.01. The second-order valence-electron chi connectivity index (χ2n) is 3.00. The van der Waals surface area contributed by atoms with Crippen LogP contribution in [-0.2, 0) is 0 Å². The van der Waals surface area contributed by atoms with Gasteiger partial charge in [-0.1, -0.05) is 15.9 Å². The fourth-order valence-electron chi connectivity index (χ4n) is 0.960. The van der Waals surface area contributed by atoms with Gasteiger partial charge in [0.2, 0.25) is 0 Å². The highest BCUT2D eigenvalue weighted by molar-refractivity contribution is 9.10. The van der Waals surface area contributed by atoms with E-state index in [9.17, 15) is 4.79 Å².